The van der Waals surface area contributed by atoms with Gasteiger partial charge in [-0.3, -0.25) is 0 Å². The second kappa shape index (κ2) is 7.38. The standard InChI is InChI=1S/C15H31NO/c1-13-7-6-8-14(11-13)17-10-5-4-9-15(2,3)12-16/h13-14H,4-12,16H2,1-3H3. The monoisotopic (exact) mass is 241 g/mol. The molecule has 0 aliphatic heterocycles. The van der Waals surface area contributed by atoms with E-state index in [0.29, 0.717) is 11.5 Å². The Morgan fingerprint density at radius 3 is 2.65 bits per heavy atom. The first-order chi connectivity index (χ1) is 8.03. The third kappa shape index (κ3) is 6.42. The van der Waals surface area contributed by atoms with Crippen LogP contribution in [0.25, 0.3) is 0 Å². The summed E-state index contributed by atoms with van der Waals surface area (Å²) in [6.07, 6.45) is 9.49. The lowest BCUT2D eigenvalue weighted by molar-refractivity contribution is 0.0130. The van der Waals surface area contributed by atoms with Gasteiger partial charge in [-0.15, -0.1) is 0 Å². The minimum absolute atomic E-state index is 0.305. The lowest BCUT2D eigenvalue weighted by atomic mass is 9.87. The molecule has 0 spiro atoms. The molecule has 0 bridgehead atoms. The first-order valence-corrected chi connectivity index (χ1v) is 7.35. The van der Waals surface area contributed by atoms with Crippen LogP contribution in [-0.4, -0.2) is 19.3 Å². The average Bonchev–Trinajstić information content (AvgIpc) is 2.29. The van der Waals surface area contributed by atoms with Gasteiger partial charge >= 0.3 is 0 Å². The molecule has 1 aliphatic carbocycles. The van der Waals surface area contributed by atoms with Crippen LogP contribution in [0.1, 0.15) is 65.7 Å². The summed E-state index contributed by atoms with van der Waals surface area (Å²) in [5.74, 6) is 0.866. The van der Waals surface area contributed by atoms with Crippen LogP contribution in [-0.2, 0) is 4.74 Å². The molecular weight excluding hydrogens is 210 g/mol. The van der Waals surface area contributed by atoms with Crippen molar-refractivity contribution >= 4 is 0 Å². The van der Waals surface area contributed by atoms with Gasteiger partial charge in [0, 0.05) is 6.61 Å². The van der Waals surface area contributed by atoms with E-state index in [9.17, 15) is 0 Å². The molecule has 0 heterocycles. The molecule has 1 rings (SSSR count). The lowest BCUT2D eigenvalue weighted by Crippen LogP contribution is -2.24. The van der Waals surface area contributed by atoms with E-state index in [2.05, 4.69) is 20.8 Å². The van der Waals surface area contributed by atoms with Gasteiger partial charge in [0.25, 0.3) is 0 Å². The maximum Gasteiger partial charge on any atom is 0.0577 e. The van der Waals surface area contributed by atoms with E-state index in [0.717, 1.165) is 19.1 Å². The fraction of sp³-hybridized carbons (Fsp3) is 1.00. The molecule has 1 aliphatic rings. The number of unbranched alkanes of at least 4 members (excludes halogenated alkanes) is 1. The van der Waals surface area contributed by atoms with Gasteiger partial charge in [0.15, 0.2) is 0 Å². The highest BCUT2D eigenvalue weighted by atomic mass is 16.5. The smallest absolute Gasteiger partial charge is 0.0577 e. The number of ether oxygens (including phenoxy) is 1. The largest absolute Gasteiger partial charge is 0.378 e. The van der Waals surface area contributed by atoms with Crippen LogP contribution >= 0.6 is 0 Å². The molecule has 17 heavy (non-hydrogen) atoms. The van der Waals surface area contributed by atoms with E-state index in [1.165, 1.54) is 44.9 Å². The molecule has 2 nitrogen and oxygen atoms in total. The molecule has 102 valence electrons. The van der Waals surface area contributed by atoms with Crippen molar-refractivity contribution in [3.05, 3.63) is 0 Å². The van der Waals surface area contributed by atoms with Gasteiger partial charge in [-0.05, 0) is 43.6 Å². The SMILES string of the molecule is CC1CCCC(OCCCCC(C)(C)CN)C1. The fourth-order valence-corrected chi connectivity index (χ4v) is 2.59. The maximum absolute atomic E-state index is 5.97. The van der Waals surface area contributed by atoms with Crippen LogP contribution in [0.4, 0.5) is 0 Å². The minimum atomic E-state index is 0.305. The maximum atomic E-state index is 5.97. The molecule has 2 N–H and O–H groups in total. The van der Waals surface area contributed by atoms with Crippen molar-refractivity contribution in [1.82, 2.24) is 0 Å². The summed E-state index contributed by atoms with van der Waals surface area (Å²) in [6.45, 7) is 8.57. The van der Waals surface area contributed by atoms with Crippen molar-refractivity contribution < 1.29 is 4.74 Å². The van der Waals surface area contributed by atoms with Crippen molar-refractivity contribution in [3.63, 3.8) is 0 Å². The molecule has 0 radical (unpaired) electrons. The van der Waals surface area contributed by atoms with E-state index in [-0.39, 0.29) is 0 Å². The summed E-state index contributed by atoms with van der Waals surface area (Å²) in [5.41, 5.74) is 6.03. The Bertz CT molecular complexity index is 203. The summed E-state index contributed by atoms with van der Waals surface area (Å²) in [5, 5.41) is 0. The highest BCUT2D eigenvalue weighted by Crippen LogP contribution is 2.26. The van der Waals surface area contributed by atoms with E-state index >= 15 is 0 Å². The highest BCUT2D eigenvalue weighted by Gasteiger charge is 2.19. The van der Waals surface area contributed by atoms with Crippen LogP contribution < -0.4 is 5.73 Å². The molecular formula is C15H31NO. The second-order valence-electron chi connectivity index (χ2n) is 6.59. The van der Waals surface area contributed by atoms with Crippen molar-refractivity contribution in [1.29, 1.82) is 0 Å². The van der Waals surface area contributed by atoms with E-state index in [4.69, 9.17) is 10.5 Å². The number of hydrogen-bond acceptors (Lipinski definition) is 2. The molecule has 2 atom stereocenters. The van der Waals surface area contributed by atoms with Gasteiger partial charge < -0.3 is 10.5 Å². The van der Waals surface area contributed by atoms with Crippen LogP contribution in [0.15, 0.2) is 0 Å². The first kappa shape index (κ1) is 15.0. The Labute approximate surface area is 107 Å². The fourth-order valence-electron chi connectivity index (χ4n) is 2.59. The summed E-state index contributed by atoms with van der Waals surface area (Å²) in [7, 11) is 0. The zero-order valence-corrected chi connectivity index (χ0v) is 12.0. The van der Waals surface area contributed by atoms with Gasteiger partial charge in [-0.25, -0.2) is 0 Å². The predicted molar refractivity (Wildman–Crippen MR) is 74.1 cm³/mol. The van der Waals surface area contributed by atoms with Crippen LogP contribution in [0.2, 0.25) is 0 Å². The molecule has 0 saturated heterocycles. The molecule has 0 aromatic rings. The Morgan fingerprint density at radius 2 is 2.00 bits per heavy atom. The van der Waals surface area contributed by atoms with Gasteiger partial charge in [0.1, 0.15) is 0 Å². The van der Waals surface area contributed by atoms with Crippen molar-refractivity contribution in [2.45, 2.75) is 71.8 Å². The van der Waals surface area contributed by atoms with Gasteiger partial charge in [0.2, 0.25) is 0 Å². The Balaban J connectivity index is 2.00. The van der Waals surface area contributed by atoms with E-state index in [1.54, 1.807) is 0 Å². The minimum Gasteiger partial charge on any atom is -0.378 e. The number of nitrogens with two attached hydrogens (primary N) is 1. The van der Waals surface area contributed by atoms with Gasteiger partial charge in [0.05, 0.1) is 6.10 Å². The highest BCUT2D eigenvalue weighted by molar-refractivity contribution is 4.71. The van der Waals surface area contributed by atoms with Crippen molar-refractivity contribution in [2.24, 2.45) is 17.1 Å². The average molecular weight is 241 g/mol. The summed E-state index contributed by atoms with van der Waals surface area (Å²) in [6, 6.07) is 0. The zero-order valence-electron chi connectivity index (χ0n) is 12.0. The predicted octanol–water partition coefficient (Wildman–Crippen LogP) is 3.74. The quantitative estimate of drug-likeness (QED) is 0.689. The van der Waals surface area contributed by atoms with E-state index in [1.807, 2.05) is 0 Å². The topological polar surface area (TPSA) is 35.2 Å². The molecule has 0 aromatic carbocycles. The Kier molecular flexibility index (Phi) is 6.50. The number of rotatable bonds is 7. The number of hydrogen-bond donors (Lipinski definition) is 1. The van der Waals surface area contributed by atoms with Gasteiger partial charge in [-0.1, -0.05) is 40.0 Å². The molecule has 1 saturated carbocycles. The summed E-state index contributed by atoms with van der Waals surface area (Å²) >= 11 is 0. The van der Waals surface area contributed by atoms with E-state index < -0.39 is 0 Å². The Morgan fingerprint density at radius 1 is 1.24 bits per heavy atom. The molecule has 2 heteroatoms. The van der Waals surface area contributed by atoms with Crippen molar-refractivity contribution in [2.75, 3.05) is 13.2 Å². The van der Waals surface area contributed by atoms with Gasteiger partial charge in [-0.2, -0.15) is 0 Å². The van der Waals surface area contributed by atoms with Crippen LogP contribution in [0.3, 0.4) is 0 Å². The second-order valence-corrected chi connectivity index (χ2v) is 6.59. The molecule has 2 unspecified atom stereocenters. The molecule has 1 fully saturated rings. The zero-order chi connectivity index (χ0) is 12.7. The third-order valence-electron chi connectivity index (χ3n) is 4.04. The summed E-state index contributed by atoms with van der Waals surface area (Å²) in [4.78, 5) is 0. The molecule has 0 aromatic heterocycles. The summed E-state index contributed by atoms with van der Waals surface area (Å²) < 4.78 is 5.97. The molecule has 0 amide bonds. The van der Waals surface area contributed by atoms with Crippen molar-refractivity contribution in [3.8, 4) is 0 Å². The van der Waals surface area contributed by atoms with Crippen LogP contribution in [0.5, 0.6) is 0 Å². The third-order valence-corrected chi connectivity index (χ3v) is 4.04. The lowest BCUT2D eigenvalue weighted by Gasteiger charge is -2.27. The normalized spacial score (nSPS) is 26.1. The first-order valence-electron chi connectivity index (χ1n) is 7.35. The van der Waals surface area contributed by atoms with Crippen LogP contribution in [0, 0.1) is 11.3 Å². The Hall–Kier alpha value is -0.0800.